The van der Waals surface area contributed by atoms with Gasteiger partial charge in [-0.2, -0.15) is 0 Å². The van der Waals surface area contributed by atoms with Gasteiger partial charge in [0.15, 0.2) is 0 Å². The van der Waals surface area contributed by atoms with Crippen molar-refractivity contribution in [3.05, 3.63) is 76.6 Å². The normalized spacial score (nSPS) is 24.5. The first-order chi connectivity index (χ1) is 17.5. The second kappa shape index (κ2) is 8.08. The van der Waals surface area contributed by atoms with Crippen molar-refractivity contribution in [1.29, 1.82) is 0 Å². The van der Waals surface area contributed by atoms with E-state index in [-0.39, 0.29) is 16.8 Å². The van der Waals surface area contributed by atoms with Crippen molar-refractivity contribution >= 4 is 28.2 Å². The predicted molar refractivity (Wildman–Crippen MR) is 147 cm³/mol. The zero-order chi connectivity index (χ0) is 24.5. The quantitative estimate of drug-likeness (QED) is 0.380. The fraction of sp³-hybridized carbons (Fsp3) is 0.438. The van der Waals surface area contributed by atoms with Gasteiger partial charge in [-0.05, 0) is 59.5 Å². The molecule has 2 aliphatic carbocycles. The third-order valence-corrected chi connectivity index (χ3v) is 9.78. The molecule has 0 N–H and O–H groups in total. The summed E-state index contributed by atoms with van der Waals surface area (Å²) >= 11 is 0. The Hall–Kier alpha value is -2.85. The number of rotatable bonds is 1. The van der Waals surface area contributed by atoms with E-state index in [1.54, 1.807) is 6.07 Å². The molecule has 36 heavy (non-hydrogen) atoms. The van der Waals surface area contributed by atoms with Crippen LogP contribution in [0.5, 0.6) is 0 Å². The molecule has 2 spiro atoms. The lowest BCUT2D eigenvalue weighted by atomic mass is 9.57. The van der Waals surface area contributed by atoms with Gasteiger partial charge in [-0.3, -0.25) is 0 Å². The minimum absolute atomic E-state index is 0.0206. The van der Waals surface area contributed by atoms with Crippen LogP contribution in [0.15, 0.2) is 48.5 Å². The van der Waals surface area contributed by atoms with Crippen LogP contribution in [-0.2, 0) is 16.6 Å². The van der Waals surface area contributed by atoms with Gasteiger partial charge in [0, 0.05) is 48.7 Å². The first-order valence-corrected chi connectivity index (χ1v) is 13.7. The smallest absolute Gasteiger partial charge is 0.128 e. The zero-order valence-corrected chi connectivity index (χ0v) is 21.4. The number of fused-ring (bicyclic) bond motifs is 6. The molecule has 1 unspecified atom stereocenters. The number of benzene rings is 3. The van der Waals surface area contributed by atoms with Crippen LogP contribution in [-0.4, -0.2) is 38.9 Å². The summed E-state index contributed by atoms with van der Waals surface area (Å²) in [4.78, 5) is 4.93. The molecule has 4 heteroatoms. The summed E-state index contributed by atoms with van der Waals surface area (Å²) in [5.41, 5.74) is 7.17. The largest absolute Gasteiger partial charge is 0.378 e. The van der Waals surface area contributed by atoms with Gasteiger partial charge in [-0.1, -0.05) is 61.7 Å². The Labute approximate surface area is 213 Å². The highest BCUT2D eigenvalue weighted by atomic mass is 19.1. The minimum atomic E-state index is -0.173. The highest BCUT2D eigenvalue weighted by Gasteiger charge is 2.60. The van der Waals surface area contributed by atoms with E-state index in [0.29, 0.717) is 0 Å². The lowest BCUT2D eigenvalue weighted by Gasteiger charge is -2.52. The number of morpholine rings is 1. The molecule has 0 radical (unpaired) electrons. The summed E-state index contributed by atoms with van der Waals surface area (Å²) in [6.45, 7) is 5.34. The molecular formula is C32H35FN2O. The maximum Gasteiger partial charge on any atom is 0.128 e. The van der Waals surface area contributed by atoms with Crippen LogP contribution in [0.2, 0.25) is 0 Å². The van der Waals surface area contributed by atoms with Crippen molar-refractivity contribution in [3.63, 3.8) is 0 Å². The Morgan fingerprint density at radius 2 is 1.67 bits per heavy atom. The molecule has 0 bridgehead atoms. The maximum absolute atomic E-state index is 14.9. The average molecular weight is 483 g/mol. The molecular weight excluding hydrogens is 447 g/mol. The SMILES string of the molecule is Cc1cc2c(cc1F)N(C)C1(C=Cc3c(cc(N4CCOCC4)c4ccccc34)C1)C21CCCCC1. The van der Waals surface area contributed by atoms with Crippen LogP contribution in [0.25, 0.3) is 16.8 Å². The first-order valence-electron chi connectivity index (χ1n) is 13.7. The van der Waals surface area contributed by atoms with E-state index < -0.39 is 0 Å². The second-order valence-electron chi connectivity index (χ2n) is 11.4. The van der Waals surface area contributed by atoms with Gasteiger partial charge in [-0.25, -0.2) is 4.39 Å². The summed E-state index contributed by atoms with van der Waals surface area (Å²) in [5.74, 6) is -0.0932. The number of ether oxygens (including phenoxy) is 1. The molecule has 3 aromatic rings. The molecule has 1 saturated heterocycles. The molecule has 3 aromatic carbocycles. The third kappa shape index (κ3) is 2.94. The molecule has 186 valence electrons. The topological polar surface area (TPSA) is 15.7 Å². The van der Waals surface area contributed by atoms with Gasteiger partial charge in [0.2, 0.25) is 0 Å². The summed E-state index contributed by atoms with van der Waals surface area (Å²) in [7, 11) is 2.20. The zero-order valence-electron chi connectivity index (χ0n) is 21.4. The van der Waals surface area contributed by atoms with E-state index in [1.807, 2.05) is 6.92 Å². The number of nitrogens with zero attached hydrogens (tertiary/aromatic N) is 2. The van der Waals surface area contributed by atoms with Gasteiger partial charge in [0.25, 0.3) is 0 Å². The number of likely N-dealkylation sites (N-methyl/N-ethyl adjacent to an activating group) is 1. The second-order valence-corrected chi connectivity index (χ2v) is 11.4. The predicted octanol–water partition coefficient (Wildman–Crippen LogP) is 6.78. The molecule has 1 saturated carbocycles. The molecule has 0 aromatic heterocycles. The minimum Gasteiger partial charge on any atom is -0.378 e. The summed E-state index contributed by atoms with van der Waals surface area (Å²) in [5, 5.41) is 2.66. The highest BCUT2D eigenvalue weighted by Crippen LogP contribution is 2.61. The van der Waals surface area contributed by atoms with Gasteiger partial charge < -0.3 is 14.5 Å². The van der Waals surface area contributed by atoms with Gasteiger partial charge in [-0.15, -0.1) is 0 Å². The van der Waals surface area contributed by atoms with Crippen molar-refractivity contribution in [2.75, 3.05) is 43.2 Å². The lowest BCUT2D eigenvalue weighted by molar-refractivity contribution is 0.123. The maximum atomic E-state index is 14.9. The highest BCUT2D eigenvalue weighted by molar-refractivity contribution is 6.01. The fourth-order valence-corrected chi connectivity index (χ4v) is 7.93. The van der Waals surface area contributed by atoms with E-state index in [4.69, 9.17) is 4.74 Å². The van der Waals surface area contributed by atoms with Gasteiger partial charge in [0.1, 0.15) is 5.82 Å². The molecule has 0 amide bonds. The summed E-state index contributed by atoms with van der Waals surface area (Å²) < 4.78 is 20.5. The number of aryl methyl sites for hydroxylation is 1. The van der Waals surface area contributed by atoms with E-state index >= 15 is 0 Å². The van der Waals surface area contributed by atoms with Gasteiger partial charge in [0.05, 0.1) is 18.8 Å². The van der Waals surface area contributed by atoms with Crippen LogP contribution in [0.3, 0.4) is 0 Å². The van der Waals surface area contributed by atoms with Crippen LogP contribution < -0.4 is 9.80 Å². The average Bonchev–Trinajstić information content (AvgIpc) is 3.08. The molecule has 2 heterocycles. The standard InChI is InChI=1S/C32H35FN2O/c1-22-18-27-30(20-28(22)33)34(2)32(31(27)11-6-3-7-12-31)13-10-24-23(21-32)19-29(35-14-16-36-17-15-35)26-9-5-4-8-25(24)26/h4-5,8-10,13,18-20H,3,6-7,11-12,14-17,21H2,1-2H3. The van der Waals surface area contributed by atoms with Crippen LogP contribution in [0.1, 0.15) is 54.4 Å². The van der Waals surface area contributed by atoms with Crippen molar-refractivity contribution in [2.45, 2.75) is 56.4 Å². The van der Waals surface area contributed by atoms with Crippen molar-refractivity contribution < 1.29 is 9.13 Å². The van der Waals surface area contributed by atoms with Crippen LogP contribution in [0, 0.1) is 12.7 Å². The van der Waals surface area contributed by atoms with Crippen molar-refractivity contribution in [2.24, 2.45) is 0 Å². The molecule has 2 aliphatic heterocycles. The first kappa shape index (κ1) is 22.4. The van der Waals surface area contributed by atoms with Crippen LogP contribution >= 0.6 is 0 Å². The number of anilines is 2. The van der Waals surface area contributed by atoms with Gasteiger partial charge >= 0.3 is 0 Å². The Morgan fingerprint density at radius 1 is 0.917 bits per heavy atom. The molecule has 3 nitrogen and oxygen atoms in total. The Kier molecular flexibility index (Phi) is 5.02. The molecule has 1 atom stereocenters. The number of hydrogen-bond donors (Lipinski definition) is 0. The lowest BCUT2D eigenvalue weighted by Crippen LogP contribution is -2.58. The molecule has 2 fully saturated rings. The van der Waals surface area contributed by atoms with Crippen molar-refractivity contribution in [1.82, 2.24) is 0 Å². The van der Waals surface area contributed by atoms with Crippen LogP contribution in [0.4, 0.5) is 15.8 Å². The third-order valence-electron chi connectivity index (χ3n) is 9.78. The monoisotopic (exact) mass is 482 g/mol. The summed E-state index contributed by atoms with van der Waals surface area (Å²) in [6.07, 6.45) is 11.9. The molecule has 4 aliphatic rings. The Bertz CT molecular complexity index is 1380. The van der Waals surface area contributed by atoms with E-state index in [0.717, 1.165) is 44.0 Å². The Balaban J connectivity index is 1.43. The van der Waals surface area contributed by atoms with Crippen molar-refractivity contribution in [3.8, 4) is 0 Å². The van der Waals surface area contributed by atoms with E-state index in [2.05, 4.69) is 65.4 Å². The molecule has 7 rings (SSSR count). The summed E-state index contributed by atoms with van der Waals surface area (Å²) in [6, 6.07) is 15.3. The van der Waals surface area contributed by atoms with E-state index in [1.165, 1.54) is 65.3 Å². The fourth-order valence-electron chi connectivity index (χ4n) is 7.93. The Morgan fingerprint density at radius 3 is 2.44 bits per heavy atom. The van der Waals surface area contributed by atoms with E-state index in [9.17, 15) is 4.39 Å². The number of halogens is 1. The number of hydrogen-bond acceptors (Lipinski definition) is 3.